The Labute approximate surface area is 124 Å². The molecule has 19 heavy (non-hydrogen) atoms. The summed E-state index contributed by atoms with van der Waals surface area (Å²) in [7, 11) is 0. The van der Waals surface area contributed by atoms with Gasteiger partial charge >= 0.3 is 0 Å². The van der Waals surface area contributed by atoms with Crippen LogP contribution in [0.2, 0.25) is 15.1 Å². The van der Waals surface area contributed by atoms with Crippen molar-refractivity contribution < 1.29 is 4.39 Å². The molecule has 0 N–H and O–H groups in total. The molecule has 0 fully saturated rings. The summed E-state index contributed by atoms with van der Waals surface area (Å²) in [5.74, 6) is -0.576. The number of hydrogen-bond acceptors (Lipinski definition) is 2. The number of hydrogen-bond donors (Lipinski definition) is 0. The highest BCUT2D eigenvalue weighted by Gasteiger charge is 2.17. The molecule has 1 heterocycles. The molecular weight excluding hydrogens is 310 g/mol. The predicted molar refractivity (Wildman–Crippen MR) is 74.0 cm³/mol. The molecule has 1 aromatic heterocycles. The highest BCUT2D eigenvalue weighted by atomic mass is 35.5. The van der Waals surface area contributed by atoms with E-state index in [1.807, 2.05) is 6.07 Å². The minimum atomic E-state index is -0.576. The molecule has 0 saturated heterocycles. The van der Waals surface area contributed by atoms with Gasteiger partial charge in [-0.15, -0.1) is 0 Å². The molecule has 0 amide bonds. The van der Waals surface area contributed by atoms with E-state index in [1.165, 1.54) is 24.3 Å². The third kappa shape index (κ3) is 2.82. The van der Waals surface area contributed by atoms with Crippen molar-refractivity contribution in [1.29, 1.82) is 5.26 Å². The van der Waals surface area contributed by atoms with Crippen molar-refractivity contribution in [3.05, 3.63) is 50.8 Å². The van der Waals surface area contributed by atoms with Gasteiger partial charge in [-0.05, 0) is 24.3 Å². The second-order valence-corrected chi connectivity index (χ2v) is 4.88. The van der Waals surface area contributed by atoms with E-state index in [2.05, 4.69) is 4.98 Å². The van der Waals surface area contributed by atoms with Gasteiger partial charge in [-0.1, -0.05) is 34.8 Å². The molecule has 0 aliphatic carbocycles. The summed E-state index contributed by atoms with van der Waals surface area (Å²) in [5, 5.41) is 9.28. The zero-order valence-electron chi connectivity index (χ0n) is 9.42. The van der Waals surface area contributed by atoms with Crippen LogP contribution in [0.4, 0.5) is 4.39 Å². The Morgan fingerprint density at radius 1 is 1.11 bits per heavy atom. The lowest BCUT2D eigenvalue weighted by Gasteiger charge is -2.09. The van der Waals surface area contributed by atoms with E-state index in [0.717, 1.165) is 0 Å². The number of nitriles is 1. The average Bonchev–Trinajstić information content (AvgIpc) is 2.38. The molecular formula is C13H6Cl3FN2. The van der Waals surface area contributed by atoms with Gasteiger partial charge in [-0.3, -0.25) is 0 Å². The van der Waals surface area contributed by atoms with Gasteiger partial charge in [-0.2, -0.15) is 5.26 Å². The summed E-state index contributed by atoms with van der Waals surface area (Å²) in [6.07, 6.45) is 0.0725. The van der Waals surface area contributed by atoms with Crippen LogP contribution in [0.25, 0.3) is 11.3 Å². The Balaban J connectivity index is 2.68. The number of benzene rings is 1. The zero-order chi connectivity index (χ0) is 14.0. The van der Waals surface area contributed by atoms with Crippen LogP contribution in [0, 0.1) is 17.1 Å². The van der Waals surface area contributed by atoms with Crippen LogP contribution in [-0.4, -0.2) is 4.98 Å². The standard InChI is InChI=1S/C13H6Cl3FN2/c14-8-2-3-9(15)12(16)11(8)13-10(17)4-1-7(19-13)5-6-18/h1-4H,5H2. The molecule has 0 bridgehead atoms. The molecule has 0 saturated carbocycles. The second-order valence-electron chi connectivity index (χ2n) is 3.69. The van der Waals surface area contributed by atoms with Crippen molar-refractivity contribution in [3.8, 4) is 17.3 Å². The van der Waals surface area contributed by atoms with Crippen molar-refractivity contribution in [2.45, 2.75) is 6.42 Å². The normalized spacial score (nSPS) is 10.3. The first-order chi connectivity index (χ1) is 9.04. The lowest BCUT2D eigenvalue weighted by Crippen LogP contribution is -1.96. The van der Waals surface area contributed by atoms with Gasteiger partial charge in [0, 0.05) is 5.56 Å². The Morgan fingerprint density at radius 2 is 1.79 bits per heavy atom. The van der Waals surface area contributed by atoms with Gasteiger partial charge in [0.15, 0.2) is 0 Å². The summed E-state index contributed by atoms with van der Waals surface area (Å²) in [6, 6.07) is 7.65. The fraction of sp³-hybridized carbons (Fsp3) is 0.0769. The number of nitrogens with zero attached hydrogens (tertiary/aromatic N) is 2. The summed E-state index contributed by atoms with van der Waals surface area (Å²) in [5.41, 5.74) is 0.657. The zero-order valence-corrected chi connectivity index (χ0v) is 11.7. The van der Waals surface area contributed by atoms with Gasteiger partial charge in [0.05, 0.1) is 33.3 Å². The summed E-state index contributed by atoms with van der Waals surface area (Å²) in [4.78, 5) is 4.07. The maximum absolute atomic E-state index is 13.9. The van der Waals surface area contributed by atoms with Gasteiger partial charge < -0.3 is 0 Å². The highest BCUT2D eigenvalue weighted by molar-refractivity contribution is 6.46. The molecule has 96 valence electrons. The lowest BCUT2D eigenvalue weighted by molar-refractivity contribution is 0.624. The van der Waals surface area contributed by atoms with E-state index in [0.29, 0.717) is 5.69 Å². The van der Waals surface area contributed by atoms with Crippen molar-refractivity contribution >= 4 is 34.8 Å². The van der Waals surface area contributed by atoms with Gasteiger partial charge in [-0.25, -0.2) is 9.37 Å². The van der Waals surface area contributed by atoms with Crippen molar-refractivity contribution in [2.75, 3.05) is 0 Å². The van der Waals surface area contributed by atoms with Crippen LogP contribution >= 0.6 is 34.8 Å². The third-order valence-corrected chi connectivity index (χ3v) is 3.56. The maximum Gasteiger partial charge on any atom is 0.149 e. The maximum atomic E-state index is 13.9. The third-order valence-electron chi connectivity index (χ3n) is 2.44. The van der Waals surface area contributed by atoms with Gasteiger partial charge in [0.2, 0.25) is 0 Å². The molecule has 2 rings (SSSR count). The highest BCUT2D eigenvalue weighted by Crippen LogP contribution is 2.39. The minimum Gasteiger partial charge on any atom is -0.249 e. The topological polar surface area (TPSA) is 36.7 Å². The fourth-order valence-electron chi connectivity index (χ4n) is 1.58. The summed E-state index contributed by atoms with van der Waals surface area (Å²) >= 11 is 18.0. The first kappa shape index (κ1) is 14.1. The first-order valence-electron chi connectivity index (χ1n) is 5.21. The SMILES string of the molecule is N#CCc1ccc(F)c(-c2c(Cl)ccc(Cl)c2Cl)n1. The monoisotopic (exact) mass is 314 g/mol. The fourth-order valence-corrected chi connectivity index (χ4v) is 2.29. The molecule has 0 spiro atoms. The van der Waals surface area contributed by atoms with E-state index in [-0.39, 0.29) is 32.7 Å². The smallest absolute Gasteiger partial charge is 0.149 e. The molecule has 0 aliphatic heterocycles. The molecule has 0 radical (unpaired) electrons. The quantitative estimate of drug-likeness (QED) is 0.738. The van der Waals surface area contributed by atoms with Gasteiger partial charge in [0.25, 0.3) is 0 Å². The molecule has 0 atom stereocenters. The van der Waals surface area contributed by atoms with E-state index < -0.39 is 5.82 Å². The molecule has 2 nitrogen and oxygen atoms in total. The van der Waals surface area contributed by atoms with E-state index >= 15 is 0 Å². The Hall–Kier alpha value is -1.34. The predicted octanol–water partition coefficient (Wildman–Crippen LogP) is 4.91. The Bertz CT molecular complexity index is 680. The molecule has 6 heteroatoms. The molecule has 0 aliphatic rings. The Kier molecular flexibility index (Phi) is 4.26. The van der Waals surface area contributed by atoms with Crippen LogP contribution in [0.1, 0.15) is 5.69 Å². The van der Waals surface area contributed by atoms with E-state index in [9.17, 15) is 4.39 Å². The van der Waals surface area contributed by atoms with Crippen LogP contribution in [0.15, 0.2) is 24.3 Å². The van der Waals surface area contributed by atoms with E-state index in [4.69, 9.17) is 40.1 Å². The van der Waals surface area contributed by atoms with E-state index in [1.54, 1.807) is 0 Å². The number of pyridine rings is 1. The van der Waals surface area contributed by atoms with Crippen molar-refractivity contribution in [3.63, 3.8) is 0 Å². The Morgan fingerprint density at radius 3 is 2.47 bits per heavy atom. The lowest BCUT2D eigenvalue weighted by atomic mass is 10.1. The first-order valence-corrected chi connectivity index (χ1v) is 6.34. The average molecular weight is 316 g/mol. The molecule has 0 unspecified atom stereocenters. The molecule has 2 aromatic rings. The van der Waals surface area contributed by atoms with Crippen LogP contribution in [0.3, 0.4) is 0 Å². The van der Waals surface area contributed by atoms with Crippen molar-refractivity contribution in [1.82, 2.24) is 4.98 Å². The van der Waals surface area contributed by atoms with Gasteiger partial charge in [0.1, 0.15) is 11.5 Å². The van der Waals surface area contributed by atoms with Crippen LogP contribution in [-0.2, 0) is 6.42 Å². The second kappa shape index (κ2) is 5.75. The number of rotatable bonds is 2. The number of halogens is 4. The number of aromatic nitrogens is 1. The summed E-state index contributed by atoms with van der Waals surface area (Å²) < 4.78 is 13.9. The molecule has 1 aromatic carbocycles. The summed E-state index contributed by atoms with van der Waals surface area (Å²) in [6.45, 7) is 0. The van der Waals surface area contributed by atoms with Crippen LogP contribution in [0.5, 0.6) is 0 Å². The van der Waals surface area contributed by atoms with Crippen molar-refractivity contribution in [2.24, 2.45) is 0 Å². The minimum absolute atomic E-state index is 0.00903. The largest absolute Gasteiger partial charge is 0.249 e. The van der Waals surface area contributed by atoms with Crippen LogP contribution < -0.4 is 0 Å².